The molecule has 0 bridgehead atoms. The second kappa shape index (κ2) is 8.18. The molecular weight excluding hydrogens is 254 g/mol. The molecule has 1 unspecified atom stereocenters. The number of nitrogens with zero attached hydrogens (tertiary/aromatic N) is 1. The van der Waals surface area contributed by atoms with Gasteiger partial charge in [-0.15, -0.1) is 0 Å². The van der Waals surface area contributed by atoms with Crippen molar-refractivity contribution >= 4 is 11.7 Å². The normalized spacial score (nSPS) is 11.8. The molecule has 20 heavy (non-hydrogen) atoms. The van der Waals surface area contributed by atoms with Crippen LogP contribution in [-0.4, -0.2) is 23.8 Å². The zero-order valence-electron chi connectivity index (χ0n) is 11.9. The van der Waals surface area contributed by atoms with Crippen LogP contribution >= 0.6 is 0 Å². The van der Waals surface area contributed by atoms with E-state index in [-0.39, 0.29) is 18.7 Å². The number of hydrogen-bond donors (Lipinski definition) is 3. The predicted octanol–water partition coefficient (Wildman–Crippen LogP) is 2.28. The van der Waals surface area contributed by atoms with Crippen LogP contribution in [0, 0.1) is 17.2 Å². The van der Waals surface area contributed by atoms with Crippen LogP contribution in [0.4, 0.5) is 10.5 Å². The standard InChI is InChI=1S/C15H21N3O2/c1-11(2)9-14(10-19)18-15(20)17-13-5-3-12(4-6-13)7-8-16/h3-6,11,14,19H,7,9-10H2,1-2H3,(H2,17,18,20). The van der Waals surface area contributed by atoms with Gasteiger partial charge in [-0.05, 0) is 30.0 Å². The van der Waals surface area contributed by atoms with Crippen molar-refractivity contribution in [1.29, 1.82) is 5.26 Å². The van der Waals surface area contributed by atoms with Crippen LogP contribution in [0.2, 0.25) is 0 Å². The van der Waals surface area contributed by atoms with Crippen LogP contribution in [0.1, 0.15) is 25.8 Å². The van der Waals surface area contributed by atoms with Crippen LogP contribution in [0.15, 0.2) is 24.3 Å². The van der Waals surface area contributed by atoms with Gasteiger partial charge in [0.1, 0.15) is 0 Å². The van der Waals surface area contributed by atoms with Crippen molar-refractivity contribution < 1.29 is 9.90 Å². The Bertz CT molecular complexity index is 463. The van der Waals surface area contributed by atoms with E-state index in [2.05, 4.69) is 16.7 Å². The molecule has 0 aliphatic carbocycles. The quantitative estimate of drug-likeness (QED) is 0.744. The van der Waals surface area contributed by atoms with Gasteiger partial charge in [0.2, 0.25) is 0 Å². The second-order valence-electron chi connectivity index (χ2n) is 5.14. The summed E-state index contributed by atoms with van der Waals surface area (Å²) in [5, 5.41) is 23.2. The number of carbonyl (C=O) groups excluding carboxylic acids is 1. The number of aliphatic hydroxyl groups is 1. The highest BCUT2D eigenvalue weighted by molar-refractivity contribution is 5.89. The SMILES string of the molecule is CC(C)CC(CO)NC(=O)Nc1ccc(CC#N)cc1. The molecular formula is C15H21N3O2. The van der Waals surface area contributed by atoms with Crippen molar-refractivity contribution in [3.05, 3.63) is 29.8 Å². The molecule has 0 heterocycles. The predicted molar refractivity (Wildman–Crippen MR) is 78.2 cm³/mol. The first-order valence-corrected chi connectivity index (χ1v) is 6.69. The number of nitrogens with one attached hydrogen (secondary N) is 2. The number of aliphatic hydroxyl groups excluding tert-OH is 1. The third-order valence-electron chi connectivity index (χ3n) is 2.81. The number of rotatable bonds is 6. The topological polar surface area (TPSA) is 85.2 Å². The summed E-state index contributed by atoms with van der Waals surface area (Å²) in [6, 6.07) is 8.60. The summed E-state index contributed by atoms with van der Waals surface area (Å²) < 4.78 is 0. The fourth-order valence-corrected chi connectivity index (χ4v) is 1.90. The fourth-order valence-electron chi connectivity index (χ4n) is 1.90. The van der Waals surface area contributed by atoms with E-state index in [4.69, 9.17) is 5.26 Å². The van der Waals surface area contributed by atoms with Crippen molar-refractivity contribution in [2.45, 2.75) is 32.7 Å². The van der Waals surface area contributed by atoms with E-state index in [0.717, 1.165) is 12.0 Å². The molecule has 5 nitrogen and oxygen atoms in total. The minimum absolute atomic E-state index is 0.0767. The lowest BCUT2D eigenvalue weighted by molar-refractivity contribution is 0.214. The number of nitriles is 1. The summed E-state index contributed by atoms with van der Waals surface area (Å²) in [5.41, 5.74) is 1.57. The summed E-state index contributed by atoms with van der Waals surface area (Å²) in [5.74, 6) is 0.401. The summed E-state index contributed by atoms with van der Waals surface area (Å²) in [7, 11) is 0. The summed E-state index contributed by atoms with van der Waals surface area (Å²) >= 11 is 0. The number of carbonyl (C=O) groups is 1. The molecule has 0 aliphatic rings. The van der Waals surface area contributed by atoms with Gasteiger partial charge >= 0.3 is 6.03 Å². The van der Waals surface area contributed by atoms with Gasteiger partial charge in [-0.3, -0.25) is 0 Å². The first-order chi connectivity index (χ1) is 9.55. The van der Waals surface area contributed by atoms with Gasteiger partial charge in [0.25, 0.3) is 0 Å². The molecule has 0 fully saturated rings. The smallest absolute Gasteiger partial charge is 0.319 e. The Balaban J connectivity index is 2.51. The average molecular weight is 275 g/mol. The molecule has 1 atom stereocenters. The monoisotopic (exact) mass is 275 g/mol. The van der Waals surface area contributed by atoms with Crippen LogP contribution in [0.3, 0.4) is 0 Å². The third-order valence-corrected chi connectivity index (χ3v) is 2.81. The molecule has 1 aromatic carbocycles. The summed E-state index contributed by atoms with van der Waals surface area (Å²) in [6.07, 6.45) is 1.08. The highest BCUT2D eigenvalue weighted by Gasteiger charge is 2.12. The minimum atomic E-state index is -0.335. The fraction of sp³-hybridized carbons (Fsp3) is 0.467. The number of benzene rings is 1. The first kappa shape index (κ1) is 16.0. The number of anilines is 1. The summed E-state index contributed by atoms with van der Waals surface area (Å²) in [6.45, 7) is 4.00. The molecule has 2 amide bonds. The Labute approximate surface area is 119 Å². The van der Waals surface area contributed by atoms with E-state index in [1.807, 2.05) is 13.8 Å². The Morgan fingerprint density at radius 2 is 2.00 bits per heavy atom. The van der Waals surface area contributed by atoms with Crippen LogP contribution in [-0.2, 0) is 6.42 Å². The molecule has 0 saturated heterocycles. The van der Waals surface area contributed by atoms with Gasteiger partial charge in [-0.1, -0.05) is 26.0 Å². The van der Waals surface area contributed by atoms with E-state index in [1.165, 1.54) is 0 Å². The van der Waals surface area contributed by atoms with Crippen molar-refractivity contribution in [1.82, 2.24) is 5.32 Å². The largest absolute Gasteiger partial charge is 0.394 e. The lowest BCUT2D eigenvalue weighted by atomic mass is 10.0. The highest BCUT2D eigenvalue weighted by atomic mass is 16.3. The Morgan fingerprint density at radius 1 is 1.35 bits per heavy atom. The van der Waals surface area contributed by atoms with E-state index >= 15 is 0 Å². The molecule has 0 spiro atoms. The van der Waals surface area contributed by atoms with Gasteiger partial charge in [-0.2, -0.15) is 5.26 Å². The molecule has 0 aromatic heterocycles. The Hall–Kier alpha value is -2.06. The average Bonchev–Trinajstić information content (AvgIpc) is 2.40. The van der Waals surface area contributed by atoms with Gasteiger partial charge in [0.15, 0.2) is 0 Å². The highest BCUT2D eigenvalue weighted by Crippen LogP contribution is 2.10. The maximum absolute atomic E-state index is 11.8. The molecule has 0 saturated carbocycles. The Morgan fingerprint density at radius 3 is 2.50 bits per heavy atom. The second-order valence-corrected chi connectivity index (χ2v) is 5.14. The molecule has 1 aromatic rings. The molecule has 0 radical (unpaired) electrons. The number of urea groups is 1. The zero-order chi connectivity index (χ0) is 15.0. The van der Waals surface area contributed by atoms with Crippen molar-refractivity contribution in [3.63, 3.8) is 0 Å². The molecule has 108 valence electrons. The van der Waals surface area contributed by atoms with Crippen molar-refractivity contribution in [2.24, 2.45) is 5.92 Å². The number of hydrogen-bond acceptors (Lipinski definition) is 3. The lowest BCUT2D eigenvalue weighted by Gasteiger charge is -2.18. The Kier molecular flexibility index (Phi) is 6.54. The van der Waals surface area contributed by atoms with E-state index < -0.39 is 0 Å². The van der Waals surface area contributed by atoms with Gasteiger partial charge < -0.3 is 15.7 Å². The molecule has 5 heteroatoms. The van der Waals surface area contributed by atoms with Gasteiger partial charge in [-0.25, -0.2) is 4.79 Å². The molecule has 3 N–H and O–H groups in total. The van der Waals surface area contributed by atoms with E-state index in [9.17, 15) is 9.90 Å². The van der Waals surface area contributed by atoms with Gasteiger partial charge in [0.05, 0.1) is 25.1 Å². The third kappa shape index (κ3) is 5.72. The number of amides is 2. The van der Waals surface area contributed by atoms with E-state index in [1.54, 1.807) is 24.3 Å². The van der Waals surface area contributed by atoms with Crippen molar-refractivity contribution in [2.75, 3.05) is 11.9 Å². The van der Waals surface area contributed by atoms with Crippen LogP contribution < -0.4 is 10.6 Å². The van der Waals surface area contributed by atoms with Crippen LogP contribution in [0.25, 0.3) is 0 Å². The molecule has 1 rings (SSSR count). The lowest BCUT2D eigenvalue weighted by Crippen LogP contribution is -2.40. The maximum atomic E-state index is 11.8. The summed E-state index contributed by atoms with van der Waals surface area (Å²) in [4.78, 5) is 11.8. The first-order valence-electron chi connectivity index (χ1n) is 6.69. The van der Waals surface area contributed by atoms with Crippen molar-refractivity contribution in [3.8, 4) is 6.07 Å². The zero-order valence-corrected chi connectivity index (χ0v) is 11.9. The maximum Gasteiger partial charge on any atom is 0.319 e. The minimum Gasteiger partial charge on any atom is -0.394 e. The molecule has 0 aliphatic heterocycles. The van der Waals surface area contributed by atoms with Gasteiger partial charge in [0, 0.05) is 5.69 Å². The van der Waals surface area contributed by atoms with Crippen LogP contribution in [0.5, 0.6) is 0 Å². The van der Waals surface area contributed by atoms with E-state index in [0.29, 0.717) is 18.0 Å².